The van der Waals surface area contributed by atoms with Gasteiger partial charge in [0.2, 0.25) is 0 Å². The molecule has 1 N–H and O–H groups in total. The minimum absolute atomic E-state index is 0.0526. The van der Waals surface area contributed by atoms with E-state index in [0.717, 1.165) is 25.0 Å². The van der Waals surface area contributed by atoms with Crippen LogP contribution in [0, 0.1) is 0 Å². The smallest absolute Gasteiger partial charge is 0.266 e. The summed E-state index contributed by atoms with van der Waals surface area (Å²) < 4.78 is 12.2. The van der Waals surface area contributed by atoms with E-state index in [4.69, 9.17) is 21.7 Å². The fourth-order valence-corrected chi connectivity index (χ4v) is 4.44. The van der Waals surface area contributed by atoms with Gasteiger partial charge in [-0.3, -0.25) is 9.69 Å². The number of halogens is 1. The topological polar surface area (TPSA) is 59.0 Å². The van der Waals surface area contributed by atoms with Crippen LogP contribution in [0.5, 0.6) is 11.5 Å². The number of hydrogen-bond acceptors (Lipinski definition) is 6. The molecule has 1 aromatic rings. The Balaban J connectivity index is 1.82. The molecular formula is C17H18BrNO4S2. The van der Waals surface area contributed by atoms with Crippen LogP contribution in [0.2, 0.25) is 0 Å². The third kappa shape index (κ3) is 4.19. The largest absolute Gasteiger partial charge is 0.504 e. The van der Waals surface area contributed by atoms with E-state index in [1.54, 1.807) is 23.1 Å². The fourth-order valence-electron chi connectivity index (χ4n) is 2.73. The lowest BCUT2D eigenvalue weighted by atomic mass is 10.1. The molecule has 2 aliphatic rings. The molecule has 0 unspecified atom stereocenters. The summed E-state index contributed by atoms with van der Waals surface area (Å²) >= 11 is 10.1. The van der Waals surface area contributed by atoms with Crippen LogP contribution in [-0.4, -0.2) is 46.1 Å². The third-order valence-electron chi connectivity index (χ3n) is 3.95. The Morgan fingerprint density at radius 1 is 1.56 bits per heavy atom. The molecule has 25 heavy (non-hydrogen) atoms. The van der Waals surface area contributed by atoms with Crippen molar-refractivity contribution in [1.29, 1.82) is 0 Å². The lowest BCUT2D eigenvalue weighted by Crippen LogP contribution is -2.35. The highest BCUT2D eigenvalue weighted by molar-refractivity contribution is 9.10. The van der Waals surface area contributed by atoms with Gasteiger partial charge in [-0.05, 0) is 43.5 Å². The first kappa shape index (κ1) is 18.7. The first-order valence-electron chi connectivity index (χ1n) is 8.02. The molecule has 2 aliphatic heterocycles. The van der Waals surface area contributed by atoms with E-state index >= 15 is 0 Å². The van der Waals surface area contributed by atoms with Crippen molar-refractivity contribution >= 4 is 56.2 Å². The standard InChI is InChI=1S/C17H18BrNO4S2/c1-2-22-14-6-10(12(18)8-13(14)20)7-15-16(21)19(17(24)25-15)9-11-4-3-5-23-11/h6-8,11,20H,2-5,9H2,1H3/b15-7-/t11-/m1/s1. The Morgan fingerprint density at radius 2 is 2.36 bits per heavy atom. The minimum atomic E-state index is -0.108. The molecule has 0 aromatic heterocycles. The maximum absolute atomic E-state index is 12.7. The lowest BCUT2D eigenvalue weighted by Gasteiger charge is -2.18. The van der Waals surface area contributed by atoms with Crippen LogP contribution in [0.4, 0.5) is 0 Å². The van der Waals surface area contributed by atoms with Crippen LogP contribution in [-0.2, 0) is 9.53 Å². The SMILES string of the molecule is CCOc1cc(/C=C2\SC(=S)N(C[C@H]3CCCO3)C2=O)c(Br)cc1O. The summed E-state index contributed by atoms with van der Waals surface area (Å²) in [5.74, 6) is 0.326. The van der Waals surface area contributed by atoms with Gasteiger partial charge in [-0.25, -0.2) is 0 Å². The highest BCUT2D eigenvalue weighted by atomic mass is 79.9. The number of rotatable bonds is 5. The molecule has 0 spiro atoms. The van der Waals surface area contributed by atoms with E-state index in [9.17, 15) is 9.90 Å². The molecule has 0 radical (unpaired) electrons. The summed E-state index contributed by atoms with van der Waals surface area (Å²) in [7, 11) is 0. The highest BCUT2D eigenvalue weighted by Gasteiger charge is 2.34. The maximum Gasteiger partial charge on any atom is 0.266 e. The van der Waals surface area contributed by atoms with Crippen molar-refractivity contribution in [1.82, 2.24) is 4.90 Å². The lowest BCUT2D eigenvalue weighted by molar-refractivity contribution is -0.123. The molecule has 0 aliphatic carbocycles. The second-order valence-corrected chi connectivity index (χ2v) is 8.23. The van der Waals surface area contributed by atoms with Crippen LogP contribution >= 0.6 is 39.9 Å². The van der Waals surface area contributed by atoms with Crippen molar-refractivity contribution in [3.8, 4) is 11.5 Å². The van der Waals surface area contributed by atoms with Crippen LogP contribution in [0.25, 0.3) is 6.08 Å². The van der Waals surface area contributed by atoms with Crippen LogP contribution in [0.15, 0.2) is 21.5 Å². The van der Waals surface area contributed by atoms with Crippen LogP contribution < -0.4 is 4.74 Å². The van der Waals surface area contributed by atoms with E-state index in [1.807, 2.05) is 6.92 Å². The van der Waals surface area contributed by atoms with Crippen molar-refractivity contribution < 1.29 is 19.4 Å². The average molecular weight is 444 g/mol. The fraction of sp³-hybridized carbons (Fsp3) is 0.412. The monoisotopic (exact) mass is 443 g/mol. The summed E-state index contributed by atoms with van der Waals surface area (Å²) in [5, 5.41) is 9.91. The van der Waals surface area contributed by atoms with Gasteiger partial charge < -0.3 is 14.6 Å². The van der Waals surface area contributed by atoms with Crippen LogP contribution in [0.1, 0.15) is 25.3 Å². The van der Waals surface area contributed by atoms with E-state index < -0.39 is 0 Å². The van der Waals surface area contributed by atoms with E-state index in [1.165, 1.54) is 11.8 Å². The zero-order chi connectivity index (χ0) is 18.0. The molecule has 1 atom stereocenters. The Labute approximate surface area is 164 Å². The Bertz CT molecular complexity index is 732. The predicted octanol–water partition coefficient (Wildman–Crippen LogP) is 3.93. The van der Waals surface area contributed by atoms with Gasteiger partial charge in [0.25, 0.3) is 5.91 Å². The molecule has 2 heterocycles. The number of benzene rings is 1. The number of thioether (sulfide) groups is 1. The van der Waals surface area contributed by atoms with E-state index in [2.05, 4.69) is 15.9 Å². The van der Waals surface area contributed by atoms with E-state index in [0.29, 0.717) is 32.6 Å². The number of carbonyl (C=O) groups is 1. The summed E-state index contributed by atoms with van der Waals surface area (Å²) in [6, 6.07) is 3.26. The van der Waals surface area contributed by atoms with Gasteiger partial charge in [0.05, 0.1) is 24.2 Å². The van der Waals surface area contributed by atoms with E-state index in [-0.39, 0.29) is 17.8 Å². The first-order chi connectivity index (χ1) is 12.0. The number of ether oxygens (including phenoxy) is 2. The van der Waals surface area contributed by atoms with Crippen molar-refractivity contribution in [3.63, 3.8) is 0 Å². The zero-order valence-electron chi connectivity index (χ0n) is 13.7. The molecule has 5 nitrogen and oxygen atoms in total. The van der Waals surface area contributed by atoms with Gasteiger partial charge in [-0.15, -0.1) is 0 Å². The zero-order valence-corrected chi connectivity index (χ0v) is 16.9. The van der Waals surface area contributed by atoms with Crippen molar-refractivity contribution in [2.24, 2.45) is 0 Å². The molecule has 0 bridgehead atoms. The molecule has 1 amide bonds. The second kappa shape index (κ2) is 8.07. The van der Waals surface area contributed by atoms with Gasteiger partial charge in [0, 0.05) is 11.1 Å². The number of carbonyl (C=O) groups excluding carboxylic acids is 1. The van der Waals surface area contributed by atoms with Crippen molar-refractivity contribution in [3.05, 3.63) is 27.1 Å². The van der Waals surface area contributed by atoms with Gasteiger partial charge in [-0.1, -0.05) is 39.9 Å². The average Bonchev–Trinajstić information content (AvgIpc) is 3.16. The molecule has 134 valence electrons. The van der Waals surface area contributed by atoms with Gasteiger partial charge in [0.15, 0.2) is 11.5 Å². The Hall–Kier alpha value is -1.09. The normalized spacial score (nSPS) is 22.2. The van der Waals surface area contributed by atoms with Crippen LogP contribution in [0.3, 0.4) is 0 Å². The number of amides is 1. The highest BCUT2D eigenvalue weighted by Crippen LogP contribution is 2.38. The predicted molar refractivity (Wildman–Crippen MR) is 106 cm³/mol. The number of nitrogens with zero attached hydrogens (tertiary/aromatic N) is 1. The second-order valence-electron chi connectivity index (χ2n) is 5.70. The maximum atomic E-state index is 12.7. The number of phenols is 1. The first-order valence-corrected chi connectivity index (χ1v) is 10.0. The summed E-state index contributed by atoms with van der Waals surface area (Å²) in [6.07, 6.45) is 3.81. The quantitative estimate of drug-likeness (QED) is 0.549. The molecule has 2 fully saturated rings. The summed E-state index contributed by atoms with van der Waals surface area (Å²) in [5.41, 5.74) is 0.749. The Morgan fingerprint density at radius 3 is 3.04 bits per heavy atom. The number of phenolic OH excluding ortho intramolecular Hbond substituents is 1. The van der Waals surface area contributed by atoms with Gasteiger partial charge in [-0.2, -0.15) is 0 Å². The summed E-state index contributed by atoms with van der Waals surface area (Å²) in [6.45, 7) is 3.54. The van der Waals surface area contributed by atoms with Crippen molar-refractivity contribution in [2.75, 3.05) is 19.8 Å². The third-order valence-corrected chi connectivity index (χ3v) is 6.01. The summed E-state index contributed by atoms with van der Waals surface area (Å²) in [4.78, 5) is 14.9. The number of hydrogen-bond donors (Lipinski definition) is 1. The molecular weight excluding hydrogens is 426 g/mol. The molecule has 8 heteroatoms. The number of aromatic hydroxyl groups is 1. The molecule has 3 rings (SSSR count). The number of thiocarbonyl (C=S) groups is 1. The molecule has 0 saturated carbocycles. The van der Waals surface area contributed by atoms with Gasteiger partial charge in [0.1, 0.15) is 4.32 Å². The molecule has 1 aromatic carbocycles. The molecule has 2 saturated heterocycles. The van der Waals surface area contributed by atoms with Gasteiger partial charge >= 0.3 is 0 Å². The minimum Gasteiger partial charge on any atom is -0.504 e. The van der Waals surface area contributed by atoms with Crippen molar-refractivity contribution in [2.45, 2.75) is 25.9 Å². The Kier molecular flexibility index (Phi) is 6.04.